The summed E-state index contributed by atoms with van der Waals surface area (Å²) >= 11 is 0. The number of carbonyl (C=O) groups is 2. The Labute approximate surface area is 109 Å². The Morgan fingerprint density at radius 1 is 1.28 bits per heavy atom. The predicted molar refractivity (Wildman–Crippen MR) is 71.1 cm³/mol. The molecule has 104 valence electrons. The van der Waals surface area contributed by atoms with Crippen LogP contribution in [0, 0.1) is 5.41 Å². The summed E-state index contributed by atoms with van der Waals surface area (Å²) < 4.78 is 0. The second kappa shape index (κ2) is 6.73. The topological polar surface area (TPSA) is 70.2 Å². The second-order valence-electron chi connectivity index (χ2n) is 6.12. The standard InChI is InChI=1S/C13H25N3O2/c1-13(2,3)7-11(17)15-9-12(18)16-10-5-4-6-14-8-10/h10,14H,4-9H2,1-3H3,(H,15,17)(H,16,18)/t10-/m0/s1. The van der Waals surface area contributed by atoms with Crippen LogP contribution in [0.3, 0.4) is 0 Å². The molecule has 1 aliphatic heterocycles. The molecule has 1 saturated heterocycles. The summed E-state index contributed by atoms with van der Waals surface area (Å²) in [5.41, 5.74) is -0.0478. The van der Waals surface area contributed by atoms with Gasteiger partial charge < -0.3 is 16.0 Å². The first-order chi connectivity index (χ1) is 8.37. The highest BCUT2D eigenvalue weighted by Gasteiger charge is 2.18. The zero-order chi connectivity index (χ0) is 13.6. The first kappa shape index (κ1) is 15.0. The Morgan fingerprint density at radius 2 is 2.00 bits per heavy atom. The molecule has 0 bridgehead atoms. The van der Waals surface area contributed by atoms with Crippen molar-refractivity contribution >= 4 is 11.8 Å². The summed E-state index contributed by atoms with van der Waals surface area (Å²) in [4.78, 5) is 23.2. The minimum atomic E-state index is -0.106. The van der Waals surface area contributed by atoms with Crippen LogP contribution in [0.15, 0.2) is 0 Å². The van der Waals surface area contributed by atoms with Crippen LogP contribution < -0.4 is 16.0 Å². The van der Waals surface area contributed by atoms with Gasteiger partial charge in [0.25, 0.3) is 0 Å². The van der Waals surface area contributed by atoms with Crippen LogP contribution in [0.1, 0.15) is 40.0 Å². The van der Waals surface area contributed by atoms with Crippen molar-refractivity contribution in [3.8, 4) is 0 Å². The highest BCUT2D eigenvalue weighted by atomic mass is 16.2. The van der Waals surface area contributed by atoms with E-state index in [1.165, 1.54) is 0 Å². The normalized spacial score (nSPS) is 20.3. The summed E-state index contributed by atoms with van der Waals surface area (Å²) in [6.07, 6.45) is 2.53. The SMILES string of the molecule is CC(C)(C)CC(=O)NCC(=O)N[C@H]1CCCNC1. The third-order valence-electron chi connectivity index (χ3n) is 2.80. The molecule has 1 aliphatic rings. The third-order valence-corrected chi connectivity index (χ3v) is 2.80. The molecule has 2 amide bonds. The largest absolute Gasteiger partial charge is 0.351 e. The Morgan fingerprint density at radius 3 is 2.56 bits per heavy atom. The molecule has 0 unspecified atom stereocenters. The number of amides is 2. The minimum Gasteiger partial charge on any atom is -0.351 e. The van der Waals surface area contributed by atoms with Crippen molar-refractivity contribution < 1.29 is 9.59 Å². The lowest BCUT2D eigenvalue weighted by molar-refractivity contribution is -0.127. The molecule has 5 nitrogen and oxygen atoms in total. The van der Waals surface area contributed by atoms with E-state index < -0.39 is 0 Å². The molecule has 0 radical (unpaired) electrons. The molecule has 1 heterocycles. The molecule has 5 heteroatoms. The van der Waals surface area contributed by atoms with E-state index >= 15 is 0 Å². The van der Waals surface area contributed by atoms with Gasteiger partial charge in [-0.1, -0.05) is 20.8 Å². The number of carbonyl (C=O) groups excluding carboxylic acids is 2. The van der Waals surface area contributed by atoms with E-state index in [1.54, 1.807) is 0 Å². The van der Waals surface area contributed by atoms with E-state index in [1.807, 2.05) is 20.8 Å². The van der Waals surface area contributed by atoms with Crippen molar-refractivity contribution in [3.63, 3.8) is 0 Å². The fourth-order valence-electron chi connectivity index (χ4n) is 1.98. The molecule has 18 heavy (non-hydrogen) atoms. The second-order valence-corrected chi connectivity index (χ2v) is 6.12. The van der Waals surface area contributed by atoms with Crippen molar-refractivity contribution in [2.75, 3.05) is 19.6 Å². The van der Waals surface area contributed by atoms with Crippen molar-refractivity contribution in [1.82, 2.24) is 16.0 Å². The number of hydrogen-bond donors (Lipinski definition) is 3. The average molecular weight is 255 g/mol. The fraction of sp³-hybridized carbons (Fsp3) is 0.846. The molecule has 3 N–H and O–H groups in total. The van der Waals surface area contributed by atoms with Crippen molar-refractivity contribution in [2.45, 2.75) is 46.1 Å². The molecule has 0 aliphatic carbocycles. The van der Waals surface area contributed by atoms with Gasteiger partial charge in [0.2, 0.25) is 11.8 Å². The molecule has 0 spiro atoms. The monoisotopic (exact) mass is 255 g/mol. The van der Waals surface area contributed by atoms with E-state index in [-0.39, 0.29) is 29.8 Å². The molecule has 0 aromatic carbocycles. The van der Waals surface area contributed by atoms with Gasteiger partial charge in [-0.3, -0.25) is 9.59 Å². The van der Waals surface area contributed by atoms with Crippen LogP contribution in [0.25, 0.3) is 0 Å². The highest BCUT2D eigenvalue weighted by molar-refractivity contribution is 5.85. The lowest BCUT2D eigenvalue weighted by Gasteiger charge is -2.24. The van der Waals surface area contributed by atoms with E-state index in [9.17, 15) is 9.59 Å². The smallest absolute Gasteiger partial charge is 0.239 e. The van der Waals surface area contributed by atoms with Gasteiger partial charge in [0.05, 0.1) is 6.54 Å². The first-order valence-electron chi connectivity index (χ1n) is 6.63. The minimum absolute atomic E-state index is 0.0478. The Bertz CT molecular complexity index is 291. The van der Waals surface area contributed by atoms with Crippen LogP contribution >= 0.6 is 0 Å². The summed E-state index contributed by atoms with van der Waals surface area (Å²) in [7, 11) is 0. The van der Waals surface area contributed by atoms with Gasteiger partial charge in [0.15, 0.2) is 0 Å². The molecule has 0 aromatic rings. The molecule has 1 fully saturated rings. The first-order valence-corrected chi connectivity index (χ1v) is 6.63. The van der Waals surface area contributed by atoms with E-state index in [0.29, 0.717) is 6.42 Å². The fourth-order valence-corrected chi connectivity index (χ4v) is 1.98. The predicted octanol–water partition coefficient (Wildman–Crippen LogP) is 0.407. The Kier molecular flexibility index (Phi) is 5.59. The summed E-state index contributed by atoms with van der Waals surface area (Å²) in [6.45, 7) is 7.92. The maximum Gasteiger partial charge on any atom is 0.239 e. The summed E-state index contributed by atoms with van der Waals surface area (Å²) in [6, 6.07) is 0.200. The van der Waals surface area contributed by atoms with Gasteiger partial charge in [0.1, 0.15) is 0 Å². The zero-order valence-corrected chi connectivity index (χ0v) is 11.6. The molecule has 0 aromatic heterocycles. The van der Waals surface area contributed by atoms with Crippen LogP contribution in [-0.4, -0.2) is 37.5 Å². The van der Waals surface area contributed by atoms with Crippen molar-refractivity contribution in [2.24, 2.45) is 5.41 Å². The van der Waals surface area contributed by atoms with Gasteiger partial charge in [-0.15, -0.1) is 0 Å². The van der Waals surface area contributed by atoms with E-state index in [0.717, 1.165) is 25.9 Å². The maximum absolute atomic E-state index is 11.6. The average Bonchev–Trinajstić information content (AvgIpc) is 2.25. The van der Waals surface area contributed by atoms with Gasteiger partial charge in [-0.2, -0.15) is 0 Å². The van der Waals surface area contributed by atoms with Crippen molar-refractivity contribution in [3.05, 3.63) is 0 Å². The zero-order valence-electron chi connectivity index (χ0n) is 11.6. The van der Waals surface area contributed by atoms with Gasteiger partial charge in [-0.05, 0) is 24.8 Å². The van der Waals surface area contributed by atoms with Gasteiger partial charge in [0, 0.05) is 19.0 Å². The number of hydrogen-bond acceptors (Lipinski definition) is 3. The molecule has 1 rings (SSSR count). The lowest BCUT2D eigenvalue weighted by atomic mass is 9.92. The van der Waals surface area contributed by atoms with E-state index in [4.69, 9.17) is 0 Å². The van der Waals surface area contributed by atoms with Gasteiger partial charge >= 0.3 is 0 Å². The van der Waals surface area contributed by atoms with E-state index in [2.05, 4.69) is 16.0 Å². The summed E-state index contributed by atoms with van der Waals surface area (Å²) in [5, 5.41) is 8.81. The molecular formula is C13H25N3O2. The molecular weight excluding hydrogens is 230 g/mol. The van der Waals surface area contributed by atoms with Crippen molar-refractivity contribution in [1.29, 1.82) is 0 Å². The van der Waals surface area contributed by atoms with Crippen LogP contribution in [0.5, 0.6) is 0 Å². The van der Waals surface area contributed by atoms with Gasteiger partial charge in [-0.25, -0.2) is 0 Å². The number of piperidine rings is 1. The third kappa shape index (κ3) is 6.59. The Balaban J connectivity index is 2.18. The Hall–Kier alpha value is -1.10. The molecule has 0 saturated carbocycles. The molecule has 1 atom stereocenters. The van der Waals surface area contributed by atoms with Crippen LogP contribution in [0.2, 0.25) is 0 Å². The van der Waals surface area contributed by atoms with Crippen LogP contribution in [-0.2, 0) is 9.59 Å². The summed E-state index contributed by atoms with van der Waals surface area (Å²) in [5.74, 6) is -0.176. The number of nitrogens with one attached hydrogen (secondary N) is 3. The highest BCUT2D eigenvalue weighted by Crippen LogP contribution is 2.17. The number of rotatable bonds is 4. The lowest BCUT2D eigenvalue weighted by Crippen LogP contribution is -2.48. The van der Waals surface area contributed by atoms with Crippen LogP contribution in [0.4, 0.5) is 0 Å². The quantitative estimate of drug-likeness (QED) is 0.681. The maximum atomic E-state index is 11.6.